The van der Waals surface area contributed by atoms with Crippen LogP contribution in [0.15, 0.2) is 48.7 Å². The minimum atomic E-state index is -0.187. The van der Waals surface area contributed by atoms with E-state index >= 15 is 0 Å². The molecule has 1 fully saturated rings. The molecule has 1 aliphatic rings. The van der Waals surface area contributed by atoms with Gasteiger partial charge in [-0.3, -0.25) is 14.7 Å². The number of H-pyrrole nitrogens is 1. The second-order valence-corrected chi connectivity index (χ2v) is 6.60. The second kappa shape index (κ2) is 7.11. The van der Waals surface area contributed by atoms with Gasteiger partial charge in [-0.05, 0) is 37.3 Å². The SMILES string of the molecule is Cc1ccc(OCC(=O)N2CCN(c3ccc4cn[nH]c4c3)C(=O)C2)cc1. The maximum absolute atomic E-state index is 12.6. The van der Waals surface area contributed by atoms with Gasteiger partial charge in [0.1, 0.15) is 12.3 Å². The maximum atomic E-state index is 12.6. The number of hydrogen-bond donors (Lipinski definition) is 1. The van der Waals surface area contributed by atoms with Crippen LogP contribution in [0.1, 0.15) is 5.56 Å². The lowest BCUT2D eigenvalue weighted by Crippen LogP contribution is -2.53. The van der Waals surface area contributed by atoms with Crippen LogP contribution >= 0.6 is 0 Å². The summed E-state index contributed by atoms with van der Waals surface area (Å²) in [6.45, 7) is 2.90. The largest absolute Gasteiger partial charge is 0.484 e. The Morgan fingerprint density at radius 2 is 2.00 bits per heavy atom. The van der Waals surface area contributed by atoms with Crippen LogP contribution in [0.2, 0.25) is 0 Å². The van der Waals surface area contributed by atoms with Crippen molar-refractivity contribution in [2.75, 3.05) is 31.1 Å². The van der Waals surface area contributed by atoms with Gasteiger partial charge >= 0.3 is 0 Å². The molecule has 3 aromatic rings. The fraction of sp³-hybridized carbons (Fsp3) is 0.250. The molecular formula is C20H20N4O3. The monoisotopic (exact) mass is 364 g/mol. The molecule has 138 valence electrons. The number of nitrogens with one attached hydrogen (secondary N) is 1. The summed E-state index contributed by atoms with van der Waals surface area (Å²) in [5.74, 6) is 0.350. The van der Waals surface area contributed by atoms with Crippen molar-refractivity contribution in [3.8, 4) is 5.75 Å². The van der Waals surface area contributed by atoms with Crippen LogP contribution in [0.25, 0.3) is 10.9 Å². The molecule has 27 heavy (non-hydrogen) atoms. The summed E-state index contributed by atoms with van der Waals surface area (Å²) >= 11 is 0. The van der Waals surface area contributed by atoms with E-state index in [1.54, 1.807) is 16.0 Å². The minimum absolute atomic E-state index is 0.0527. The standard InChI is InChI=1S/C20H20N4O3/c1-14-2-6-17(7-3-14)27-13-20(26)23-8-9-24(19(25)12-23)16-5-4-15-11-21-22-18(15)10-16/h2-7,10-11H,8-9,12-13H2,1H3,(H,21,22). The van der Waals surface area contributed by atoms with Crippen molar-refractivity contribution >= 4 is 28.4 Å². The van der Waals surface area contributed by atoms with E-state index in [9.17, 15) is 9.59 Å². The van der Waals surface area contributed by atoms with E-state index in [2.05, 4.69) is 10.2 Å². The molecule has 4 rings (SSSR count). The minimum Gasteiger partial charge on any atom is -0.484 e. The third-order valence-electron chi connectivity index (χ3n) is 4.69. The first-order valence-corrected chi connectivity index (χ1v) is 8.81. The number of benzene rings is 2. The molecular weight excluding hydrogens is 344 g/mol. The number of aromatic amines is 1. The lowest BCUT2D eigenvalue weighted by atomic mass is 10.2. The zero-order chi connectivity index (χ0) is 18.8. The Kier molecular flexibility index (Phi) is 4.50. The zero-order valence-electron chi connectivity index (χ0n) is 15.0. The predicted octanol–water partition coefficient (Wildman–Crippen LogP) is 2.13. The molecule has 7 nitrogen and oxygen atoms in total. The molecule has 1 aliphatic heterocycles. The highest BCUT2D eigenvalue weighted by Crippen LogP contribution is 2.22. The first kappa shape index (κ1) is 17.1. The molecule has 0 atom stereocenters. The molecule has 1 N–H and O–H groups in total. The number of nitrogens with zero attached hydrogens (tertiary/aromatic N) is 3. The molecule has 2 amide bonds. The number of fused-ring (bicyclic) bond motifs is 1. The summed E-state index contributed by atoms with van der Waals surface area (Å²) in [6, 6.07) is 13.2. The molecule has 2 aromatic carbocycles. The van der Waals surface area contributed by atoms with Crippen LogP contribution in [-0.2, 0) is 9.59 Å². The smallest absolute Gasteiger partial charge is 0.261 e. The molecule has 2 heterocycles. The van der Waals surface area contributed by atoms with Crippen molar-refractivity contribution in [3.63, 3.8) is 0 Å². The summed E-state index contributed by atoms with van der Waals surface area (Å²) in [5, 5.41) is 7.90. The Hall–Kier alpha value is -3.35. The van der Waals surface area contributed by atoms with Gasteiger partial charge in [-0.2, -0.15) is 5.10 Å². The Bertz CT molecular complexity index is 980. The lowest BCUT2D eigenvalue weighted by molar-refractivity contribution is -0.138. The molecule has 0 unspecified atom stereocenters. The molecule has 0 bridgehead atoms. The molecule has 0 saturated carbocycles. The number of carbonyl (C=O) groups is 2. The number of piperazine rings is 1. The summed E-state index contributed by atoms with van der Waals surface area (Å²) in [5.41, 5.74) is 2.81. The van der Waals surface area contributed by atoms with E-state index in [0.717, 1.165) is 22.2 Å². The topological polar surface area (TPSA) is 78.5 Å². The predicted molar refractivity (Wildman–Crippen MR) is 102 cm³/mol. The number of aromatic nitrogens is 2. The van der Waals surface area contributed by atoms with Crippen LogP contribution in [0, 0.1) is 6.92 Å². The van der Waals surface area contributed by atoms with Gasteiger partial charge in [0.05, 0.1) is 11.7 Å². The highest BCUT2D eigenvalue weighted by molar-refractivity contribution is 5.99. The van der Waals surface area contributed by atoms with Gasteiger partial charge in [-0.1, -0.05) is 17.7 Å². The third kappa shape index (κ3) is 3.62. The van der Waals surface area contributed by atoms with Crippen molar-refractivity contribution in [1.82, 2.24) is 15.1 Å². The van der Waals surface area contributed by atoms with Crippen molar-refractivity contribution in [2.24, 2.45) is 0 Å². The quantitative estimate of drug-likeness (QED) is 0.769. The summed E-state index contributed by atoms with van der Waals surface area (Å²) in [4.78, 5) is 28.2. The molecule has 0 aliphatic carbocycles. The number of carbonyl (C=O) groups excluding carboxylic acids is 2. The van der Waals surface area contributed by atoms with Crippen molar-refractivity contribution in [1.29, 1.82) is 0 Å². The van der Waals surface area contributed by atoms with Gasteiger partial charge in [0.25, 0.3) is 5.91 Å². The fourth-order valence-electron chi connectivity index (χ4n) is 3.12. The first-order chi connectivity index (χ1) is 13.1. The number of rotatable bonds is 4. The number of hydrogen-bond acceptors (Lipinski definition) is 4. The van der Waals surface area contributed by atoms with E-state index < -0.39 is 0 Å². The number of ether oxygens (including phenoxy) is 1. The van der Waals surface area contributed by atoms with Crippen molar-refractivity contribution in [3.05, 3.63) is 54.2 Å². The molecule has 7 heteroatoms. The highest BCUT2D eigenvalue weighted by atomic mass is 16.5. The number of anilines is 1. The van der Waals surface area contributed by atoms with Crippen LogP contribution < -0.4 is 9.64 Å². The van der Waals surface area contributed by atoms with E-state index in [0.29, 0.717) is 18.8 Å². The molecule has 0 radical (unpaired) electrons. The number of aryl methyl sites for hydroxylation is 1. The normalized spacial score (nSPS) is 14.6. The summed E-state index contributed by atoms with van der Waals surface area (Å²) in [6.07, 6.45) is 1.74. The van der Waals surface area contributed by atoms with E-state index in [1.165, 1.54) is 0 Å². The molecule has 1 aromatic heterocycles. The Balaban J connectivity index is 1.36. The van der Waals surface area contributed by atoms with E-state index in [-0.39, 0.29) is 25.0 Å². The summed E-state index contributed by atoms with van der Waals surface area (Å²) in [7, 11) is 0. The molecule has 0 spiro atoms. The van der Waals surface area contributed by atoms with E-state index in [4.69, 9.17) is 4.74 Å². The van der Waals surface area contributed by atoms with Crippen LogP contribution in [0.5, 0.6) is 5.75 Å². The highest BCUT2D eigenvalue weighted by Gasteiger charge is 2.28. The van der Waals surface area contributed by atoms with E-state index in [1.807, 2.05) is 49.4 Å². The van der Waals surface area contributed by atoms with Gasteiger partial charge in [-0.15, -0.1) is 0 Å². The van der Waals surface area contributed by atoms with Gasteiger partial charge in [0.2, 0.25) is 5.91 Å². The van der Waals surface area contributed by atoms with Crippen molar-refractivity contribution < 1.29 is 14.3 Å². The zero-order valence-corrected chi connectivity index (χ0v) is 15.0. The fourth-order valence-corrected chi connectivity index (χ4v) is 3.12. The molecule has 1 saturated heterocycles. The average Bonchev–Trinajstić information content (AvgIpc) is 3.15. The lowest BCUT2D eigenvalue weighted by Gasteiger charge is -2.34. The Morgan fingerprint density at radius 1 is 1.19 bits per heavy atom. The van der Waals surface area contributed by atoms with Gasteiger partial charge < -0.3 is 14.5 Å². The van der Waals surface area contributed by atoms with Gasteiger partial charge in [0, 0.05) is 24.2 Å². The first-order valence-electron chi connectivity index (χ1n) is 8.81. The second-order valence-electron chi connectivity index (χ2n) is 6.60. The Morgan fingerprint density at radius 3 is 2.78 bits per heavy atom. The summed E-state index contributed by atoms with van der Waals surface area (Å²) < 4.78 is 5.53. The number of amides is 2. The van der Waals surface area contributed by atoms with Gasteiger partial charge in [0.15, 0.2) is 6.61 Å². The van der Waals surface area contributed by atoms with Crippen LogP contribution in [-0.4, -0.2) is 53.2 Å². The average molecular weight is 364 g/mol. The third-order valence-corrected chi connectivity index (χ3v) is 4.69. The van der Waals surface area contributed by atoms with Crippen LogP contribution in [0.3, 0.4) is 0 Å². The van der Waals surface area contributed by atoms with Crippen molar-refractivity contribution in [2.45, 2.75) is 6.92 Å². The Labute approximate surface area is 156 Å². The van der Waals surface area contributed by atoms with Crippen LogP contribution in [0.4, 0.5) is 5.69 Å². The van der Waals surface area contributed by atoms with Gasteiger partial charge in [-0.25, -0.2) is 0 Å². The maximum Gasteiger partial charge on any atom is 0.261 e.